The van der Waals surface area contributed by atoms with E-state index >= 15 is 0 Å². The van der Waals surface area contributed by atoms with Gasteiger partial charge in [0.05, 0.1) is 10.5 Å². The fraction of sp³-hybridized carbons (Fsp3) is 0.435. The first-order chi connectivity index (χ1) is 15.5. The molecule has 0 spiro atoms. The van der Waals surface area contributed by atoms with Crippen molar-refractivity contribution in [1.82, 2.24) is 14.7 Å². The minimum atomic E-state index is -1.61. The second-order valence-corrected chi connectivity index (χ2v) is 8.81. The molecule has 1 atom stereocenters. The zero-order valence-corrected chi connectivity index (χ0v) is 19.3. The van der Waals surface area contributed by atoms with Crippen LogP contribution in [-0.2, 0) is 27.1 Å². The Morgan fingerprint density at radius 2 is 2.03 bits per heavy atom. The third kappa shape index (κ3) is 8.22. The SMILES string of the molecule is C=C(/C=C(\C(=C\N(CC)CCCNF)OCc1ccccc1)S(=O)N1CCCC1)C(=O)O. The number of nitrogens with zero attached hydrogens (tertiary/aromatic N) is 2. The number of halogens is 1. The first kappa shape index (κ1) is 25.8. The number of carbonyl (C=O) groups is 1. The Bertz CT molecular complexity index is 839. The molecule has 0 radical (unpaired) electrons. The van der Waals surface area contributed by atoms with Crippen molar-refractivity contribution in [3.05, 3.63) is 71.0 Å². The molecule has 1 aromatic carbocycles. The Morgan fingerprint density at radius 1 is 1.34 bits per heavy atom. The molecule has 1 aliphatic heterocycles. The molecular weight excluding hydrogens is 433 g/mol. The average Bonchev–Trinajstić information content (AvgIpc) is 3.34. The summed E-state index contributed by atoms with van der Waals surface area (Å²) in [6.45, 7) is 8.47. The maximum Gasteiger partial charge on any atom is 0.335 e. The van der Waals surface area contributed by atoms with E-state index in [1.807, 2.05) is 46.5 Å². The summed E-state index contributed by atoms with van der Waals surface area (Å²) in [6.07, 6.45) is 5.48. The second kappa shape index (κ2) is 13.8. The Morgan fingerprint density at radius 3 is 2.62 bits per heavy atom. The van der Waals surface area contributed by atoms with E-state index in [1.54, 1.807) is 11.7 Å². The molecular formula is C23H32FN3O4S. The molecule has 2 N–H and O–H groups in total. The number of hydrogen-bond acceptors (Lipinski definition) is 5. The lowest BCUT2D eigenvalue weighted by Crippen LogP contribution is -2.26. The molecule has 0 bridgehead atoms. The lowest BCUT2D eigenvalue weighted by Gasteiger charge is -2.23. The number of nitrogens with one attached hydrogen (secondary N) is 1. The summed E-state index contributed by atoms with van der Waals surface area (Å²) in [5, 5.41) is 9.37. The first-order valence-electron chi connectivity index (χ1n) is 10.7. The molecule has 0 aliphatic carbocycles. The third-order valence-electron chi connectivity index (χ3n) is 4.97. The van der Waals surface area contributed by atoms with Gasteiger partial charge in [-0.2, -0.15) is 5.54 Å². The smallest absolute Gasteiger partial charge is 0.335 e. The normalized spacial score (nSPS) is 16.1. The second-order valence-electron chi connectivity index (χ2n) is 7.36. The summed E-state index contributed by atoms with van der Waals surface area (Å²) in [5.74, 6) is -0.874. The molecule has 0 aromatic heterocycles. The van der Waals surface area contributed by atoms with Gasteiger partial charge in [0.1, 0.15) is 17.6 Å². The van der Waals surface area contributed by atoms with Crippen LogP contribution in [0.2, 0.25) is 0 Å². The summed E-state index contributed by atoms with van der Waals surface area (Å²) in [7, 11) is -1.61. The number of hydrogen-bond donors (Lipinski definition) is 2. The van der Waals surface area contributed by atoms with E-state index in [4.69, 9.17) is 4.74 Å². The van der Waals surface area contributed by atoms with Crippen molar-refractivity contribution in [2.75, 3.05) is 32.7 Å². The molecule has 7 nitrogen and oxygen atoms in total. The highest BCUT2D eigenvalue weighted by molar-refractivity contribution is 7.87. The summed E-state index contributed by atoms with van der Waals surface area (Å²) < 4.78 is 33.6. The van der Waals surface area contributed by atoms with Gasteiger partial charge in [-0.25, -0.2) is 13.3 Å². The molecule has 1 unspecified atom stereocenters. The minimum Gasteiger partial charge on any atom is -0.486 e. The summed E-state index contributed by atoms with van der Waals surface area (Å²) in [6, 6.07) is 9.53. The predicted molar refractivity (Wildman–Crippen MR) is 124 cm³/mol. The number of carboxylic acid groups (broad SMARTS) is 1. The van der Waals surface area contributed by atoms with Crippen molar-refractivity contribution in [1.29, 1.82) is 0 Å². The molecule has 0 saturated carbocycles. The average molecular weight is 466 g/mol. The van der Waals surface area contributed by atoms with Crippen LogP contribution in [0.25, 0.3) is 0 Å². The van der Waals surface area contributed by atoms with Gasteiger partial charge in [0.15, 0.2) is 5.76 Å². The Balaban J connectivity index is 2.40. The van der Waals surface area contributed by atoms with Crippen molar-refractivity contribution < 1.29 is 23.3 Å². The molecule has 32 heavy (non-hydrogen) atoms. The lowest BCUT2D eigenvalue weighted by molar-refractivity contribution is -0.132. The fourth-order valence-corrected chi connectivity index (χ4v) is 4.55. The van der Waals surface area contributed by atoms with E-state index in [1.165, 1.54) is 6.08 Å². The zero-order valence-electron chi connectivity index (χ0n) is 18.5. The van der Waals surface area contributed by atoms with Crippen LogP contribution in [0.5, 0.6) is 0 Å². The van der Waals surface area contributed by atoms with Gasteiger partial charge in [-0.3, -0.25) is 0 Å². The van der Waals surface area contributed by atoms with Crippen LogP contribution < -0.4 is 5.54 Å². The number of rotatable bonds is 14. The standard InChI is InChI=1S/C23H32FN3O4S/c1-3-26(13-9-12-25-24)17-21(31-18-20-10-5-4-6-11-20)22(16-19(2)23(28)29)32(30)27-14-7-8-15-27/h4-6,10-11,16-17,25H,2-3,7-9,12-15,18H2,1H3,(H,28,29)/b21-17-,22-16+. The van der Waals surface area contributed by atoms with Crippen LogP contribution in [0, 0.1) is 0 Å². The number of benzene rings is 1. The monoisotopic (exact) mass is 465 g/mol. The number of aliphatic carboxylic acids is 1. The molecule has 1 aliphatic rings. The van der Waals surface area contributed by atoms with E-state index < -0.39 is 17.0 Å². The third-order valence-corrected chi connectivity index (χ3v) is 6.50. The van der Waals surface area contributed by atoms with Crippen molar-refractivity contribution in [3.63, 3.8) is 0 Å². The van der Waals surface area contributed by atoms with Crippen molar-refractivity contribution in [2.24, 2.45) is 0 Å². The summed E-state index contributed by atoms with van der Waals surface area (Å²) >= 11 is 0. The maximum absolute atomic E-state index is 13.4. The molecule has 0 amide bonds. The summed E-state index contributed by atoms with van der Waals surface area (Å²) in [5.41, 5.74) is 2.39. The van der Waals surface area contributed by atoms with Crippen molar-refractivity contribution >= 4 is 17.0 Å². The molecule has 2 rings (SSSR count). The highest BCUT2D eigenvalue weighted by Crippen LogP contribution is 2.25. The van der Waals surface area contributed by atoms with Gasteiger partial charge in [0, 0.05) is 38.9 Å². The molecule has 9 heteroatoms. The number of carboxylic acids is 1. The highest BCUT2D eigenvalue weighted by Gasteiger charge is 2.26. The Kier molecular flexibility index (Phi) is 11.1. The van der Waals surface area contributed by atoms with Crippen molar-refractivity contribution in [3.8, 4) is 0 Å². The van der Waals surface area contributed by atoms with Crippen LogP contribution in [-0.4, -0.2) is 57.2 Å². The Hall–Kier alpha value is -2.49. The Labute approximate surface area is 191 Å². The van der Waals surface area contributed by atoms with Crippen molar-refractivity contribution in [2.45, 2.75) is 32.8 Å². The van der Waals surface area contributed by atoms with Gasteiger partial charge in [-0.05, 0) is 37.8 Å². The fourth-order valence-electron chi connectivity index (χ4n) is 3.16. The zero-order chi connectivity index (χ0) is 23.3. The molecule has 1 fully saturated rings. The minimum absolute atomic E-state index is 0.175. The molecule has 1 heterocycles. The van der Waals surface area contributed by atoms with E-state index in [2.05, 4.69) is 6.58 Å². The van der Waals surface area contributed by atoms with Crippen LogP contribution >= 0.6 is 0 Å². The van der Waals surface area contributed by atoms with E-state index in [0.29, 0.717) is 38.4 Å². The quantitative estimate of drug-likeness (QED) is 0.144. The molecule has 1 saturated heterocycles. The van der Waals surface area contributed by atoms with Crippen LogP contribution in [0.3, 0.4) is 0 Å². The van der Waals surface area contributed by atoms with Crippen LogP contribution in [0.4, 0.5) is 4.48 Å². The first-order valence-corrected chi connectivity index (χ1v) is 11.8. The van der Waals surface area contributed by atoms with Gasteiger partial charge < -0.3 is 14.7 Å². The highest BCUT2D eigenvalue weighted by atomic mass is 32.2. The van der Waals surface area contributed by atoms with Gasteiger partial charge in [0.25, 0.3) is 0 Å². The molecule has 1 aromatic rings. The van der Waals surface area contributed by atoms with Crippen LogP contribution in [0.1, 0.15) is 31.7 Å². The van der Waals surface area contributed by atoms with Crippen LogP contribution in [0.15, 0.2) is 65.4 Å². The molecule has 176 valence electrons. The van der Waals surface area contributed by atoms with Gasteiger partial charge in [-0.15, -0.1) is 4.48 Å². The predicted octanol–water partition coefficient (Wildman–Crippen LogP) is 3.51. The maximum atomic E-state index is 13.4. The van der Waals surface area contributed by atoms with Gasteiger partial charge in [0.2, 0.25) is 0 Å². The number of ether oxygens (including phenoxy) is 1. The van der Waals surface area contributed by atoms with E-state index in [-0.39, 0.29) is 23.6 Å². The van der Waals surface area contributed by atoms with Gasteiger partial charge >= 0.3 is 5.97 Å². The van der Waals surface area contributed by atoms with E-state index in [0.717, 1.165) is 18.4 Å². The van der Waals surface area contributed by atoms with E-state index in [9.17, 15) is 18.6 Å². The summed E-state index contributed by atoms with van der Waals surface area (Å²) in [4.78, 5) is 13.7. The topological polar surface area (TPSA) is 82.1 Å². The van der Waals surface area contributed by atoms with Gasteiger partial charge in [-0.1, -0.05) is 36.9 Å². The lowest BCUT2D eigenvalue weighted by atomic mass is 10.2. The largest absolute Gasteiger partial charge is 0.486 e.